The summed E-state index contributed by atoms with van der Waals surface area (Å²) < 4.78 is 0. The van der Waals surface area contributed by atoms with Gasteiger partial charge in [0.05, 0.1) is 0 Å². The number of nitriles is 1. The number of aliphatic imine (C=N–C) groups is 1. The Labute approximate surface area is 72.6 Å². The third kappa shape index (κ3) is 3.62. The van der Waals surface area contributed by atoms with E-state index in [1.807, 2.05) is 19.9 Å². The summed E-state index contributed by atoms with van der Waals surface area (Å²) >= 11 is 0. The molecule has 0 unspecified atom stereocenters. The van der Waals surface area contributed by atoms with E-state index in [1.165, 1.54) is 6.20 Å². The minimum absolute atomic E-state index is 0.216. The molecule has 0 bridgehead atoms. The molecule has 4 N–H and O–H groups in total. The molecule has 0 saturated carbocycles. The number of nitrogens with zero attached hydrogens (tertiary/aromatic N) is 2. The van der Waals surface area contributed by atoms with E-state index < -0.39 is 0 Å². The van der Waals surface area contributed by atoms with Crippen molar-refractivity contribution < 1.29 is 0 Å². The van der Waals surface area contributed by atoms with Gasteiger partial charge in [-0.25, -0.2) is 0 Å². The Balaban J connectivity index is 4.29. The van der Waals surface area contributed by atoms with Gasteiger partial charge in [-0.15, -0.1) is 0 Å². The molecule has 4 heteroatoms. The van der Waals surface area contributed by atoms with Gasteiger partial charge in [-0.1, -0.05) is 13.8 Å². The van der Waals surface area contributed by atoms with Crippen molar-refractivity contribution in [1.82, 2.24) is 0 Å². The van der Waals surface area contributed by atoms with Crippen LogP contribution in [0.2, 0.25) is 0 Å². The van der Waals surface area contributed by atoms with E-state index in [0.29, 0.717) is 12.5 Å². The zero-order valence-corrected chi connectivity index (χ0v) is 7.41. The average molecular weight is 166 g/mol. The number of hydrogen-bond donors (Lipinski definition) is 2. The van der Waals surface area contributed by atoms with Crippen LogP contribution in [0.25, 0.3) is 0 Å². The first-order chi connectivity index (χ1) is 5.61. The fraction of sp³-hybridized carbons (Fsp3) is 0.500. The van der Waals surface area contributed by atoms with Gasteiger partial charge in [0, 0.05) is 12.7 Å². The molecule has 0 saturated heterocycles. The quantitative estimate of drug-likeness (QED) is 0.360. The summed E-state index contributed by atoms with van der Waals surface area (Å²) in [5.74, 6) is 0.648. The van der Waals surface area contributed by atoms with Gasteiger partial charge in [-0.3, -0.25) is 4.99 Å². The fourth-order valence-corrected chi connectivity index (χ4v) is 0.546. The van der Waals surface area contributed by atoms with E-state index in [9.17, 15) is 0 Å². The lowest BCUT2D eigenvalue weighted by atomic mass is 10.2. The van der Waals surface area contributed by atoms with Crippen LogP contribution in [0.1, 0.15) is 13.8 Å². The predicted octanol–water partition coefficient (Wildman–Crippen LogP) is 0.366. The molecule has 0 aromatic rings. The van der Waals surface area contributed by atoms with Crippen LogP contribution in [0.5, 0.6) is 0 Å². The second-order valence-corrected chi connectivity index (χ2v) is 2.81. The Hall–Kier alpha value is -1.50. The first-order valence-electron chi connectivity index (χ1n) is 3.74. The van der Waals surface area contributed by atoms with Gasteiger partial charge in [0.15, 0.2) is 0 Å². The lowest BCUT2D eigenvalue weighted by Gasteiger charge is -2.00. The van der Waals surface area contributed by atoms with Crippen LogP contribution < -0.4 is 11.5 Å². The lowest BCUT2D eigenvalue weighted by Crippen LogP contribution is -2.16. The molecule has 0 aromatic carbocycles. The molecule has 0 heterocycles. The molecule has 0 fully saturated rings. The summed E-state index contributed by atoms with van der Waals surface area (Å²) in [6.07, 6.45) is 1.17. The summed E-state index contributed by atoms with van der Waals surface area (Å²) in [5, 5.41) is 8.50. The van der Waals surface area contributed by atoms with E-state index in [2.05, 4.69) is 4.99 Å². The Morgan fingerprint density at radius 1 is 1.67 bits per heavy atom. The Bertz CT molecular complexity index is 232. The second-order valence-electron chi connectivity index (χ2n) is 2.81. The average Bonchev–Trinajstić information content (AvgIpc) is 2.03. The zero-order valence-electron chi connectivity index (χ0n) is 7.41. The number of nitrogens with two attached hydrogens (primary N) is 2. The standard InChI is InChI=1S/C8H14N4/c1-6(2)5-12-8(11)7(3-9)4-10/h3,6H,5,9H2,1-2H3,(H2,11,12). The summed E-state index contributed by atoms with van der Waals surface area (Å²) in [6, 6.07) is 1.86. The predicted molar refractivity (Wildman–Crippen MR) is 49.2 cm³/mol. The highest BCUT2D eigenvalue weighted by Gasteiger charge is 1.99. The van der Waals surface area contributed by atoms with Gasteiger partial charge >= 0.3 is 0 Å². The maximum Gasteiger partial charge on any atom is 0.137 e. The molecule has 0 amide bonds. The van der Waals surface area contributed by atoms with E-state index in [-0.39, 0.29) is 11.4 Å². The van der Waals surface area contributed by atoms with Gasteiger partial charge < -0.3 is 11.5 Å². The van der Waals surface area contributed by atoms with Crippen LogP contribution in [0, 0.1) is 17.2 Å². The molecule has 0 aromatic heterocycles. The lowest BCUT2D eigenvalue weighted by molar-refractivity contribution is 0.665. The Morgan fingerprint density at radius 2 is 2.25 bits per heavy atom. The van der Waals surface area contributed by atoms with Crippen molar-refractivity contribution >= 4 is 5.84 Å². The topological polar surface area (TPSA) is 88.2 Å². The maximum atomic E-state index is 8.50. The molecule has 0 rings (SSSR count). The minimum atomic E-state index is 0.216. The van der Waals surface area contributed by atoms with Crippen LogP contribution in [0.3, 0.4) is 0 Å². The highest BCUT2D eigenvalue weighted by Crippen LogP contribution is 1.95. The van der Waals surface area contributed by atoms with Crippen LogP contribution >= 0.6 is 0 Å². The Morgan fingerprint density at radius 3 is 2.58 bits per heavy atom. The third-order valence-electron chi connectivity index (χ3n) is 1.19. The molecule has 0 radical (unpaired) electrons. The van der Waals surface area contributed by atoms with Crippen molar-refractivity contribution in [3.8, 4) is 6.07 Å². The molecular weight excluding hydrogens is 152 g/mol. The van der Waals surface area contributed by atoms with Crippen molar-refractivity contribution in [2.45, 2.75) is 13.8 Å². The van der Waals surface area contributed by atoms with Crippen molar-refractivity contribution in [2.24, 2.45) is 22.4 Å². The number of rotatable bonds is 3. The summed E-state index contributed by atoms with van der Waals surface area (Å²) in [7, 11) is 0. The van der Waals surface area contributed by atoms with Gasteiger partial charge in [-0.2, -0.15) is 5.26 Å². The van der Waals surface area contributed by atoms with Gasteiger partial charge in [0.1, 0.15) is 17.5 Å². The first-order valence-corrected chi connectivity index (χ1v) is 3.74. The van der Waals surface area contributed by atoms with Crippen molar-refractivity contribution in [1.29, 1.82) is 5.26 Å². The SMILES string of the molecule is CC(C)CN=C(N)C(C#N)=CN. The molecule has 0 spiro atoms. The Kier molecular flexibility index (Phi) is 4.54. The molecule has 66 valence electrons. The fourth-order valence-electron chi connectivity index (χ4n) is 0.546. The van der Waals surface area contributed by atoms with Crippen molar-refractivity contribution in [2.75, 3.05) is 6.54 Å². The highest BCUT2D eigenvalue weighted by atomic mass is 14.9. The smallest absolute Gasteiger partial charge is 0.137 e. The number of amidine groups is 1. The molecule has 0 aliphatic carbocycles. The minimum Gasteiger partial charge on any atom is -0.403 e. The van der Waals surface area contributed by atoms with Gasteiger partial charge in [-0.05, 0) is 5.92 Å². The zero-order chi connectivity index (χ0) is 9.56. The van der Waals surface area contributed by atoms with E-state index in [1.54, 1.807) is 0 Å². The van der Waals surface area contributed by atoms with Crippen LogP contribution in [0.4, 0.5) is 0 Å². The van der Waals surface area contributed by atoms with E-state index in [0.717, 1.165) is 0 Å². The molecule has 12 heavy (non-hydrogen) atoms. The van der Waals surface area contributed by atoms with Gasteiger partial charge in [0.2, 0.25) is 0 Å². The molecule has 0 aliphatic heterocycles. The van der Waals surface area contributed by atoms with Crippen LogP contribution in [-0.2, 0) is 0 Å². The van der Waals surface area contributed by atoms with Gasteiger partial charge in [0.25, 0.3) is 0 Å². The van der Waals surface area contributed by atoms with Crippen molar-refractivity contribution in [3.05, 3.63) is 11.8 Å². The molecule has 4 nitrogen and oxygen atoms in total. The van der Waals surface area contributed by atoms with Crippen molar-refractivity contribution in [3.63, 3.8) is 0 Å². The normalized spacial score (nSPS) is 13.2. The molecular formula is C8H14N4. The monoisotopic (exact) mass is 166 g/mol. The number of hydrogen-bond acceptors (Lipinski definition) is 3. The molecule has 0 aliphatic rings. The largest absolute Gasteiger partial charge is 0.403 e. The summed E-state index contributed by atoms with van der Waals surface area (Å²) in [6.45, 7) is 4.66. The van der Waals surface area contributed by atoms with Crippen LogP contribution in [0.15, 0.2) is 16.8 Å². The second kappa shape index (κ2) is 5.19. The third-order valence-corrected chi connectivity index (χ3v) is 1.19. The van der Waals surface area contributed by atoms with Crippen LogP contribution in [-0.4, -0.2) is 12.4 Å². The van der Waals surface area contributed by atoms with E-state index >= 15 is 0 Å². The summed E-state index contributed by atoms with van der Waals surface area (Å²) in [5.41, 5.74) is 10.8. The highest BCUT2D eigenvalue weighted by molar-refractivity contribution is 6.00. The first kappa shape index (κ1) is 10.5. The summed E-state index contributed by atoms with van der Waals surface area (Å²) in [4.78, 5) is 3.99. The maximum absolute atomic E-state index is 8.50. The molecule has 0 atom stereocenters. The van der Waals surface area contributed by atoms with E-state index in [4.69, 9.17) is 16.7 Å².